The summed E-state index contributed by atoms with van der Waals surface area (Å²) in [6.07, 6.45) is 11.9. The van der Waals surface area contributed by atoms with E-state index in [1.807, 2.05) is 18.3 Å². The van der Waals surface area contributed by atoms with Crippen molar-refractivity contribution in [2.75, 3.05) is 0 Å². The highest BCUT2D eigenvalue weighted by Gasteiger charge is 2.27. The molecule has 2 aromatic rings. The molecule has 4 rings (SSSR count). The summed E-state index contributed by atoms with van der Waals surface area (Å²) in [5, 5.41) is 0. The predicted molar refractivity (Wildman–Crippen MR) is 87.9 cm³/mol. The summed E-state index contributed by atoms with van der Waals surface area (Å²) in [6, 6.07) is 12.7. The smallest absolute Gasteiger partial charge is 0.0708 e. The molecule has 21 heavy (non-hydrogen) atoms. The summed E-state index contributed by atoms with van der Waals surface area (Å²) in [6.45, 7) is 2.24. The molecule has 0 spiro atoms. The molecule has 1 aromatic carbocycles. The van der Waals surface area contributed by atoms with Crippen molar-refractivity contribution in [3.63, 3.8) is 0 Å². The Morgan fingerprint density at radius 2 is 2.05 bits per heavy atom. The van der Waals surface area contributed by atoms with Gasteiger partial charge in [-0.1, -0.05) is 59.7 Å². The lowest BCUT2D eigenvalue weighted by Crippen LogP contribution is -2.00. The van der Waals surface area contributed by atoms with E-state index in [0.29, 0.717) is 5.92 Å². The molecule has 0 saturated carbocycles. The lowest BCUT2D eigenvalue weighted by molar-refractivity contribution is 0.919. The lowest BCUT2D eigenvalue weighted by Gasteiger charge is -2.17. The molecule has 1 aromatic heterocycles. The van der Waals surface area contributed by atoms with E-state index in [9.17, 15) is 0 Å². The van der Waals surface area contributed by atoms with E-state index in [1.54, 1.807) is 0 Å². The van der Waals surface area contributed by atoms with E-state index in [0.717, 1.165) is 12.1 Å². The molecule has 2 aliphatic carbocycles. The van der Waals surface area contributed by atoms with Gasteiger partial charge in [-0.05, 0) is 36.6 Å². The second-order valence-corrected chi connectivity index (χ2v) is 5.72. The first-order valence-electron chi connectivity index (χ1n) is 7.43. The average Bonchev–Trinajstić information content (AvgIpc) is 3.14. The molecule has 0 radical (unpaired) electrons. The van der Waals surface area contributed by atoms with Crippen molar-refractivity contribution in [2.24, 2.45) is 0 Å². The van der Waals surface area contributed by atoms with Crippen molar-refractivity contribution in [1.29, 1.82) is 0 Å². The van der Waals surface area contributed by atoms with Crippen molar-refractivity contribution >= 4 is 6.08 Å². The van der Waals surface area contributed by atoms with Crippen LogP contribution in [-0.4, -0.2) is 4.98 Å². The summed E-state index contributed by atoms with van der Waals surface area (Å²) >= 11 is 0. The van der Waals surface area contributed by atoms with Crippen LogP contribution in [0.4, 0.5) is 0 Å². The average molecular weight is 271 g/mol. The van der Waals surface area contributed by atoms with E-state index in [4.69, 9.17) is 0 Å². The molecule has 1 heterocycles. The highest BCUT2D eigenvalue weighted by atomic mass is 14.7. The van der Waals surface area contributed by atoms with Gasteiger partial charge in [0.15, 0.2) is 0 Å². The molecule has 0 N–H and O–H groups in total. The number of hydrogen-bond acceptors (Lipinski definition) is 1. The SMILES string of the molecule is CC1=Cc2c(-c3ccccn3)cccc2C1C1=CC=CC1. The Morgan fingerprint density at radius 1 is 1.10 bits per heavy atom. The summed E-state index contributed by atoms with van der Waals surface area (Å²) in [7, 11) is 0. The third-order valence-corrected chi connectivity index (χ3v) is 4.39. The molecule has 1 nitrogen and oxygen atoms in total. The van der Waals surface area contributed by atoms with Gasteiger partial charge in [0.2, 0.25) is 0 Å². The van der Waals surface area contributed by atoms with Crippen LogP contribution in [0.1, 0.15) is 30.4 Å². The van der Waals surface area contributed by atoms with Gasteiger partial charge in [-0.25, -0.2) is 0 Å². The van der Waals surface area contributed by atoms with Crippen LogP contribution >= 0.6 is 0 Å². The van der Waals surface area contributed by atoms with Crippen molar-refractivity contribution in [3.8, 4) is 11.3 Å². The number of allylic oxidation sites excluding steroid dienone is 5. The highest BCUT2D eigenvalue weighted by molar-refractivity contribution is 5.81. The Hall–Kier alpha value is -2.41. The molecular formula is C20H17N. The lowest BCUT2D eigenvalue weighted by atomic mass is 9.87. The number of benzene rings is 1. The van der Waals surface area contributed by atoms with Gasteiger partial charge in [-0.2, -0.15) is 0 Å². The van der Waals surface area contributed by atoms with Crippen molar-refractivity contribution in [3.05, 3.63) is 83.1 Å². The van der Waals surface area contributed by atoms with E-state index >= 15 is 0 Å². The van der Waals surface area contributed by atoms with Crippen molar-refractivity contribution in [2.45, 2.75) is 19.3 Å². The van der Waals surface area contributed by atoms with E-state index in [1.165, 1.54) is 27.8 Å². The molecule has 2 aliphatic rings. The molecule has 0 amide bonds. The highest BCUT2D eigenvalue weighted by Crippen LogP contribution is 2.45. The maximum atomic E-state index is 4.52. The molecule has 0 fully saturated rings. The van der Waals surface area contributed by atoms with Crippen LogP contribution in [-0.2, 0) is 0 Å². The number of hydrogen-bond donors (Lipinski definition) is 0. The zero-order valence-corrected chi connectivity index (χ0v) is 12.1. The Balaban J connectivity index is 1.86. The molecule has 0 aliphatic heterocycles. The standard InChI is InChI=1S/C20H17N/c1-14-13-18-16(19-11-4-5-12-21-19)9-6-10-17(18)20(14)15-7-2-3-8-15/h2-7,9-13,20H,8H2,1H3. The van der Waals surface area contributed by atoms with Gasteiger partial charge in [0.25, 0.3) is 0 Å². The Morgan fingerprint density at radius 3 is 2.81 bits per heavy atom. The van der Waals surface area contributed by atoms with Crippen molar-refractivity contribution < 1.29 is 0 Å². The normalized spacial score (nSPS) is 19.4. The monoisotopic (exact) mass is 271 g/mol. The number of nitrogens with zero attached hydrogens (tertiary/aromatic N) is 1. The third kappa shape index (κ3) is 1.97. The third-order valence-electron chi connectivity index (χ3n) is 4.39. The minimum absolute atomic E-state index is 0.443. The summed E-state index contributed by atoms with van der Waals surface area (Å²) < 4.78 is 0. The summed E-state index contributed by atoms with van der Waals surface area (Å²) in [5.41, 5.74) is 7.99. The fraction of sp³-hybridized carbons (Fsp3) is 0.150. The van der Waals surface area contributed by atoms with Crippen LogP contribution < -0.4 is 0 Å². The Kier molecular flexibility index (Phi) is 2.85. The minimum Gasteiger partial charge on any atom is -0.256 e. The van der Waals surface area contributed by atoms with E-state index in [-0.39, 0.29) is 0 Å². The number of aromatic nitrogens is 1. The maximum Gasteiger partial charge on any atom is 0.0708 e. The number of fused-ring (bicyclic) bond motifs is 1. The van der Waals surface area contributed by atoms with Gasteiger partial charge in [-0.3, -0.25) is 4.98 Å². The second-order valence-electron chi connectivity index (χ2n) is 5.72. The van der Waals surface area contributed by atoms with Gasteiger partial charge >= 0.3 is 0 Å². The zero-order chi connectivity index (χ0) is 14.2. The first-order valence-corrected chi connectivity index (χ1v) is 7.43. The maximum absolute atomic E-state index is 4.52. The van der Waals surface area contributed by atoms with Gasteiger partial charge in [0.1, 0.15) is 0 Å². The molecule has 1 unspecified atom stereocenters. The van der Waals surface area contributed by atoms with E-state index in [2.05, 4.69) is 60.5 Å². The van der Waals surface area contributed by atoms with Crippen LogP contribution in [0.3, 0.4) is 0 Å². The van der Waals surface area contributed by atoms with Gasteiger partial charge in [0.05, 0.1) is 5.69 Å². The number of pyridine rings is 1. The van der Waals surface area contributed by atoms with E-state index < -0.39 is 0 Å². The largest absolute Gasteiger partial charge is 0.256 e. The van der Waals surface area contributed by atoms with Gasteiger partial charge < -0.3 is 0 Å². The molecule has 0 saturated heterocycles. The topological polar surface area (TPSA) is 12.9 Å². The molecular weight excluding hydrogens is 254 g/mol. The Labute approximate surface area is 125 Å². The summed E-state index contributed by atoms with van der Waals surface area (Å²) in [4.78, 5) is 4.52. The minimum atomic E-state index is 0.443. The first kappa shape index (κ1) is 12.3. The molecule has 0 bridgehead atoms. The first-order chi connectivity index (χ1) is 10.3. The fourth-order valence-electron chi connectivity index (χ4n) is 3.47. The number of rotatable bonds is 2. The van der Waals surface area contributed by atoms with Crippen LogP contribution in [0, 0.1) is 0 Å². The second kappa shape index (κ2) is 4.85. The zero-order valence-electron chi connectivity index (χ0n) is 12.1. The fourth-order valence-corrected chi connectivity index (χ4v) is 3.47. The predicted octanol–water partition coefficient (Wildman–Crippen LogP) is 5.14. The molecule has 1 atom stereocenters. The van der Waals surface area contributed by atoms with Crippen LogP contribution in [0.25, 0.3) is 17.3 Å². The quantitative estimate of drug-likeness (QED) is 0.737. The van der Waals surface area contributed by atoms with Crippen LogP contribution in [0.5, 0.6) is 0 Å². The van der Waals surface area contributed by atoms with Gasteiger partial charge in [-0.15, -0.1) is 0 Å². The van der Waals surface area contributed by atoms with Crippen LogP contribution in [0.2, 0.25) is 0 Å². The molecule has 102 valence electrons. The van der Waals surface area contributed by atoms with Crippen LogP contribution in [0.15, 0.2) is 72.0 Å². The summed E-state index contributed by atoms with van der Waals surface area (Å²) in [5.74, 6) is 0.443. The van der Waals surface area contributed by atoms with Crippen molar-refractivity contribution in [1.82, 2.24) is 4.98 Å². The van der Waals surface area contributed by atoms with Gasteiger partial charge in [0, 0.05) is 17.7 Å². The molecule has 1 heteroatoms. The Bertz CT molecular complexity index is 779.